The van der Waals surface area contributed by atoms with E-state index in [2.05, 4.69) is 23.5 Å². The molecule has 0 aliphatic carbocycles. The molecule has 0 unspecified atom stereocenters. The molecule has 28 heavy (non-hydrogen) atoms. The molecule has 6 heteroatoms. The minimum Gasteiger partial charge on any atom is -0.489 e. The molecule has 0 aliphatic rings. The van der Waals surface area contributed by atoms with Crippen LogP contribution >= 0.6 is 23.2 Å². The van der Waals surface area contributed by atoms with Crippen molar-refractivity contribution in [3.05, 3.63) is 75.8 Å². The van der Waals surface area contributed by atoms with E-state index in [1.807, 2.05) is 30.3 Å². The topological polar surface area (TPSA) is 50.7 Å². The maximum Gasteiger partial charge on any atom is 0.124 e. The summed E-state index contributed by atoms with van der Waals surface area (Å²) in [6.45, 7) is 2.69. The van der Waals surface area contributed by atoms with Crippen LogP contribution in [-0.4, -0.2) is 31.5 Å². The summed E-state index contributed by atoms with van der Waals surface area (Å²) in [6, 6.07) is 17.8. The first-order chi connectivity index (χ1) is 13.7. The molecule has 0 spiro atoms. The molecule has 0 aromatic heterocycles. The predicted molar refractivity (Wildman–Crippen MR) is 114 cm³/mol. The molecule has 4 nitrogen and oxygen atoms in total. The van der Waals surface area contributed by atoms with E-state index in [4.69, 9.17) is 37.8 Å². The van der Waals surface area contributed by atoms with Crippen molar-refractivity contribution >= 4 is 34.0 Å². The quantitative estimate of drug-likeness (QED) is 0.462. The Kier molecular flexibility index (Phi) is 7.95. The lowest BCUT2D eigenvalue weighted by molar-refractivity contribution is 0.0938. The van der Waals surface area contributed by atoms with Gasteiger partial charge in [0.25, 0.3) is 0 Å². The number of benzene rings is 3. The molecule has 3 rings (SSSR count). The van der Waals surface area contributed by atoms with Gasteiger partial charge in [0.15, 0.2) is 0 Å². The lowest BCUT2D eigenvalue weighted by Crippen LogP contribution is -2.20. The average Bonchev–Trinajstić information content (AvgIpc) is 2.72. The highest BCUT2D eigenvalue weighted by molar-refractivity contribution is 6.42. The van der Waals surface area contributed by atoms with Gasteiger partial charge >= 0.3 is 0 Å². The van der Waals surface area contributed by atoms with Gasteiger partial charge in [-0.25, -0.2) is 0 Å². The minimum absolute atomic E-state index is 0.0377. The molecular formula is C22H23Cl2NO3. The maximum atomic E-state index is 8.76. The zero-order valence-electron chi connectivity index (χ0n) is 15.5. The second kappa shape index (κ2) is 10.6. The summed E-state index contributed by atoms with van der Waals surface area (Å²) < 4.78 is 11.4. The highest BCUT2D eigenvalue weighted by Gasteiger charge is 2.10. The number of rotatable bonds is 10. The van der Waals surface area contributed by atoms with Crippen molar-refractivity contribution < 1.29 is 14.6 Å². The van der Waals surface area contributed by atoms with Crippen LogP contribution in [0.5, 0.6) is 5.75 Å². The fourth-order valence-electron chi connectivity index (χ4n) is 2.95. The van der Waals surface area contributed by atoms with Crippen molar-refractivity contribution in [2.24, 2.45) is 0 Å². The zero-order valence-corrected chi connectivity index (χ0v) is 17.0. The molecule has 0 amide bonds. The first-order valence-corrected chi connectivity index (χ1v) is 9.91. The number of nitrogens with one attached hydrogen (secondary N) is 1. The van der Waals surface area contributed by atoms with Crippen LogP contribution in [0, 0.1) is 0 Å². The van der Waals surface area contributed by atoms with Gasteiger partial charge in [0.2, 0.25) is 0 Å². The number of ether oxygens (including phenoxy) is 2. The summed E-state index contributed by atoms with van der Waals surface area (Å²) in [4.78, 5) is 0. The Morgan fingerprint density at radius 2 is 1.79 bits per heavy atom. The molecule has 0 atom stereocenters. The Morgan fingerprint density at radius 3 is 2.61 bits per heavy atom. The predicted octanol–water partition coefficient (Wildman–Crippen LogP) is 4.82. The lowest BCUT2D eigenvalue weighted by Gasteiger charge is -2.15. The van der Waals surface area contributed by atoms with Gasteiger partial charge in [-0.3, -0.25) is 0 Å². The van der Waals surface area contributed by atoms with Crippen LogP contribution in [-0.2, 0) is 17.9 Å². The zero-order chi connectivity index (χ0) is 19.8. The third kappa shape index (κ3) is 5.60. The molecular weight excluding hydrogens is 397 g/mol. The lowest BCUT2D eigenvalue weighted by atomic mass is 10.0. The van der Waals surface area contributed by atoms with Crippen molar-refractivity contribution in [1.29, 1.82) is 0 Å². The number of aliphatic hydroxyl groups is 1. The van der Waals surface area contributed by atoms with Crippen molar-refractivity contribution in [1.82, 2.24) is 5.32 Å². The average molecular weight is 420 g/mol. The van der Waals surface area contributed by atoms with Crippen LogP contribution < -0.4 is 10.1 Å². The number of hydrogen-bond acceptors (Lipinski definition) is 4. The second-order valence-electron chi connectivity index (χ2n) is 6.31. The van der Waals surface area contributed by atoms with Gasteiger partial charge < -0.3 is 19.9 Å². The number of aliphatic hydroxyl groups excluding tert-OH is 1. The van der Waals surface area contributed by atoms with Crippen LogP contribution in [0.1, 0.15) is 11.1 Å². The van der Waals surface area contributed by atoms with Crippen molar-refractivity contribution in [3.63, 3.8) is 0 Å². The number of hydrogen-bond donors (Lipinski definition) is 2. The Labute approximate surface area is 175 Å². The van der Waals surface area contributed by atoms with E-state index in [1.54, 1.807) is 6.07 Å². The fourth-order valence-corrected chi connectivity index (χ4v) is 3.27. The van der Waals surface area contributed by atoms with Gasteiger partial charge in [-0.1, -0.05) is 59.6 Å². The molecule has 0 radical (unpaired) electrons. The van der Waals surface area contributed by atoms with Crippen LogP contribution in [0.2, 0.25) is 10.0 Å². The van der Waals surface area contributed by atoms with Crippen molar-refractivity contribution in [2.45, 2.75) is 13.2 Å². The molecule has 148 valence electrons. The van der Waals surface area contributed by atoms with Crippen LogP contribution in [0.4, 0.5) is 0 Å². The molecule has 3 aromatic rings. The van der Waals surface area contributed by atoms with Crippen LogP contribution in [0.15, 0.2) is 54.6 Å². The highest BCUT2D eigenvalue weighted by Crippen LogP contribution is 2.29. The summed E-state index contributed by atoms with van der Waals surface area (Å²) >= 11 is 12.1. The van der Waals surface area contributed by atoms with Crippen molar-refractivity contribution in [3.8, 4) is 5.75 Å². The van der Waals surface area contributed by atoms with Gasteiger partial charge in [-0.05, 0) is 34.5 Å². The van der Waals surface area contributed by atoms with Gasteiger partial charge in [-0.2, -0.15) is 0 Å². The van der Waals surface area contributed by atoms with Gasteiger partial charge in [0.1, 0.15) is 12.4 Å². The van der Waals surface area contributed by atoms with E-state index in [0.29, 0.717) is 43.0 Å². The van der Waals surface area contributed by atoms with Gasteiger partial charge in [0.05, 0.1) is 29.9 Å². The number of fused-ring (bicyclic) bond motifs is 1. The van der Waals surface area contributed by atoms with Crippen LogP contribution in [0.25, 0.3) is 10.8 Å². The molecule has 0 saturated carbocycles. The first kappa shape index (κ1) is 20.9. The maximum absolute atomic E-state index is 8.76. The van der Waals surface area contributed by atoms with E-state index in [-0.39, 0.29) is 6.61 Å². The molecule has 0 aliphatic heterocycles. The third-order valence-electron chi connectivity index (χ3n) is 4.34. The van der Waals surface area contributed by atoms with Gasteiger partial charge in [0, 0.05) is 18.7 Å². The summed E-state index contributed by atoms with van der Waals surface area (Å²) in [5.41, 5.74) is 2.05. The van der Waals surface area contributed by atoms with E-state index in [9.17, 15) is 0 Å². The molecule has 3 aromatic carbocycles. The molecule has 0 fully saturated rings. The third-order valence-corrected chi connectivity index (χ3v) is 5.08. The van der Waals surface area contributed by atoms with E-state index in [1.165, 1.54) is 0 Å². The van der Waals surface area contributed by atoms with Crippen LogP contribution in [0.3, 0.4) is 0 Å². The van der Waals surface area contributed by atoms with E-state index in [0.717, 1.165) is 27.6 Å². The normalized spacial score (nSPS) is 11.1. The fraction of sp³-hybridized carbons (Fsp3) is 0.273. The smallest absolute Gasteiger partial charge is 0.124 e. The minimum atomic E-state index is 0.0377. The largest absolute Gasteiger partial charge is 0.489 e. The molecule has 0 heterocycles. The van der Waals surface area contributed by atoms with Gasteiger partial charge in [-0.15, -0.1) is 0 Å². The first-order valence-electron chi connectivity index (χ1n) is 9.15. The summed E-state index contributed by atoms with van der Waals surface area (Å²) in [5, 5.41) is 15.5. The van der Waals surface area contributed by atoms with E-state index < -0.39 is 0 Å². The van der Waals surface area contributed by atoms with Crippen molar-refractivity contribution in [2.75, 3.05) is 26.4 Å². The Hall–Kier alpha value is -1.82. The second-order valence-corrected chi connectivity index (χ2v) is 7.13. The molecule has 0 saturated heterocycles. The summed E-state index contributed by atoms with van der Waals surface area (Å²) in [7, 11) is 0. The Balaban J connectivity index is 1.73. The summed E-state index contributed by atoms with van der Waals surface area (Å²) in [5.74, 6) is 0.827. The Morgan fingerprint density at radius 1 is 0.929 bits per heavy atom. The Bertz CT molecular complexity index is 917. The molecule has 0 bridgehead atoms. The molecule has 2 N–H and O–H groups in total. The van der Waals surface area contributed by atoms with E-state index >= 15 is 0 Å². The number of halogens is 2. The summed E-state index contributed by atoms with van der Waals surface area (Å²) in [6.07, 6.45) is 0. The monoisotopic (exact) mass is 419 g/mol. The highest BCUT2D eigenvalue weighted by atomic mass is 35.5. The SMILES string of the molecule is OCCOCCNCc1c(OCc2ccc(Cl)c(Cl)c2)ccc2ccccc12. The standard InChI is InChI=1S/C22H23Cl2NO3/c23-20-7-5-16(13-21(20)24)15-28-22-8-6-17-3-1-2-4-18(17)19(22)14-25-9-11-27-12-10-26/h1-8,13,25-26H,9-12,14-15H2.